The second-order valence-electron chi connectivity index (χ2n) is 5.59. The Hall–Kier alpha value is -2.37. The van der Waals surface area contributed by atoms with Gasteiger partial charge in [-0.25, -0.2) is 4.79 Å². The summed E-state index contributed by atoms with van der Waals surface area (Å²) in [5.74, 6) is -1.97. The monoisotopic (exact) mass is 321 g/mol. The minimum absolute atomic E-state index is 0.107. The summed E-state index contributed by atoms with van der Waals surface area (Å²) in [5.41, 5.74) is 2.36. The van der Waals surface area contributed by atoms with Crippen LogP contribution in [0.1, 0.15) is 34.8 Å². The van der Waals surface area contributed by atoms with Crippen LogP contribution in [0.5, 0.6) is 0 Å². The zero-order chi connectivity index (χ0) is 17.6. The lowest BCUT2D eigenvalue weighted by Crippen LogP contribution is -2.43. The summed E-state index contributed by atoms with van der Waals surface area (Å²) in [6.45, 7) is 5.41. The molecule has 1 aromatic rings. The van der Waals surface area contributed by atoms with Gasteiger partial charge >= 0.3 is 11.9 Å². The van der Waals surface area contributed by atoms with Crippen LogP contribution in [-0.4, -0.2) is 38.1 Å². The molecular formula is C17H23NO5. The lowest BCUT2D eigenvalue weighted by Gasteiger charge is -2.19. The number of hydrogen-bond acceptors (Lipinski definition) is 5. The highest BCUT2D eigenvalue weighted by atomic mass is 16.5. The van der Waals surface area contributed by atoms with Gasteiger partial charge in [-0.2, -0.15) is 0 Å². The quantitative estimate of drug-likeness (QED) is 0.808. The van der Waals surface area contributed by atoms with E-state index in [0.717, 1.165) is 11.1 Å². The van der Waals surface area contributed by atoms with Crippen LogP contribution in [0, 0.1) is 19.8 Å². The number of benzene rings is 1. The molecule has 1 rings (SSSR count). The van der Waals surface area contributed by atoms with Gasteiger partial charge in [0, 0.05) is 5.56 Å². The minimum Gasteiger partial charge on any atom is -0.469 e. The third-order valence-electron chi connectivity index (χ3n) is 3.47. The lowest BCUT2D eigenvalue weighted by molar-refractivity contribution is -0.147. The van der Waals surface area contributed by atoms with Gasteiger partial charge in [0.05, 0.1) is 20.1 Å². The maximum absolute atomic E-state index is 12.4. The summed E-state index contributed by atoms with van der Waals surface area (Å²) >= 11 is 0. The van der Waals surface area contributed by atoms with Crippen molar-refractivity contribution in [1.82, 2.24) is 5.32 Å². The first kappa shape index (κ1) is 18.7. The smallest absolute Gasteiger partial charge is 0.328 e. The molecule has 2 atom stereocenters. The highest BCUT2D eigenvalue weighted by molar-refractivity contribution is 5.97. The number of esters is 2. The Labute approximate surface area is 136 Å². The molecule has 0 aromatic heterocycles. The molecule has 0 unspecified atom stereocenters. The Kier molecular flexibility index (Phi) is 6.75. The molecule has 0 saturated carbocycles. The van der Waals surface area contributed by atoms with Crippen LogP contribution in [0.15, 0.2) is 18.2 Å². The van der Waals surface area contributed by atoms with E-state index in [0.29, 0.717) is 5.56 Å². The van der Waals surface area contributed by atoms with E-state index in [1.165, 1.54) is 14.2 Å². The van der Waals surface area contributed by atoms with E-state index in [-0.39, 0.29) is 12.3 Å². The average Bonchev–Trinajstić information content (AvgIpc) is 2.51. The number of nitrogens with one attached hydrogen (secondary N) is 1. The number of aryl methyl sites for hydroxylation is 2. The van der Waals surface area contributed by atoms with Crippen molar-refractivity contribution in [2.45, 2.75) is 33.2 Å². The summed E-state index contributed by atoms with van der Waals surface area (Å²) in [7, 11) is 2.52. The van der Waals surface area contributed by atoms with Crippen molar-refractivity contribution in [3.63, 3.8) is 0 Å². The lowest BCUT2D eigenvalue weighted by atomic mass is 10.0. The van der Waals surface area contributed by atoms with Crippen LogP contribution < -0.4 is 5.32 Å². The van der Waals surface area contributed by atoms with Gasteiger partial charge in [0.15, 0.2) is 0 Å². The number of carbonyl (C=O) groups is 3. The summed E-state index contributed by atoms with van der Waals surface area (Å²) in [4.78, 5) is 35.8. The first-order valence-electron chi connectivity index (χ1n) is 7.33. The highest BCUT2D eigenvalue weighted by Gasteiger charge is 2.27. The number of hydrogen-bond donors (Lipinski definition) is 1. The van der Waals surface area contributed by atoms with Crippen molar-refractivity contribution in [1.29, 1.82) is 0 Å². The minimum atomic E-state index is -0.914. The van der Waals surface area contributed by atoms with Gasteiger partial charge in [-0.1, -0.05) is 24.1 Å². The number of amides is 1. The fraction of sp³-hybridized carbons (Fsp3) is 0.471. The Morgan fingerprint density at radius 1 is 1.00 bits per heavy atom. The molecule has 1 amide bonds. The van der Waals surface area contributed by atoms with Crippen LogP contribution in [0.2, 0.25) is 0 Å². The van der Waals surface area contributed by atoms with E-state index in [1.54, 1.807) is 19.1 Å². The normalized spacial score (nSPS) is 12.9. The second kappa shape index (κ2) is 8.31. The predicted molar refractivity (Wildman–Crippen MR) is 85.0 cm³/mol. The van der Waals surface area contributed by atoms with Gasteiger partial charge in [-0.05, 0) is 32.4 Å². The molecule has 0 saturated heterocycles. The van der Waals surface area contributed by atoms with Crippen molar-refractivity contribution >= 4 is 17.8 Å². The summed E-state index contributed by atoms with van der Waals surface area (Å²) in [6, 6.07) is 4.51. The van der Waals surface area contributed by atoms with Crippen LogP contribution in [0.4, 0.5) is 0 Å². The predicted octanol–water partition coefficient (Wildman–Crippen LogP) is 1.77. The van der Waals surface area contributed by atoms with Crippen LogP contribution in [-0.2, 0) is 19.1 Å². The van der Waals surface area contributed by atoms with Gasteiger partial charge in [0.25, 0.3) is 5.91 Å². The standard InChI is InChI=1S/C17H23NO5/c1-10-6-11(2)8-13(7-10)15(19)18-14(17(21)23-5)9-12(3)16(20)22-4/h6-8,12,14H,9H2,1-5H3,(H,18,19)/t12-,14+/m0/s1. The van der Waals surface area contributed by atoms with E-state index in [1.807, 2.05) is 19.9 Å². The van der Waals surface area contributed by atoms with Crippen molar-refractivity contribution in [2.75, 3.05) is 14.2 Å². The Morgan fingerprint density at radius 2 is 1.52 bits per heavy atom. The van der Waals surface area contributed by atoms with E-state index in [9.17, 15) is 14.4 Å². The Bertz CT molecular complexity index is 576. The number of rotatable bonds is 6. The highest BCUT2D eigenvalue weighted by Crippen LogP contribution is 2.12. The zero-order valence-corrected chi connectivity index (χ0v) is 14.1. The van der Waals surface area contributed by atoms with Crippen LogP contribution >= 0.6 is 0 Å². The molecule has 1 aromatic carbocycles. The average molecular weight is 321 g/mol. The molecule has 6 nitrogen and oxygen atoms in total. The molecule has 0 aliphatic rings. The largest absolute Gasteiger partial charge is 0.469 e. The molecule has 23 heavy (non-hydrogen) atoms. The molecular weight excluding hydrogens is 298 g/mol. The van der Waals surface area contributed by atoms with Gasteiger partial charge in [0.1, 0.15) is 6.04 Å². The topological polar surface area (TPSA) is 81.7 Å². The van der Waals surface area contributed by atoms with Crippen molar-refractivity contribution < 1.29 is 23.9 Å². The van der Waals surface area contributed by atoms with E-state index >= 15 is 0 Å². The van der Waals surface area contributed by atoms with Crippen molar-refractivity contribution in [3.8, 4) is 0 Å². The maximum Gasteiger partial charge on any atom is 0.328 e. The molecule has 6 heteroatoms. The molecule has 0 fully saturated rings. The number of carbonyl (C=O) groups excluding carboxylic acids is 3. The fourth-order valence-corrected chi connectivity index (χ4v) is 2.35. The molecule has 126 valence electrons. The van der Waals surface area contributed by atoms with Gasteiger partial charge in [-0.15, -0.1) is 0 Å². The summed E-state index contributed by atoms with van der Waals surface area (Å²) in [6.07, 6.45) is 0.107. The van der Waals surface area contributed by atoms with E-state index in [2.05, 4.69) is 10.1 Å². The third-order valence-corrected chi connectivity index (χ3v) is 3.47. The fourth-order valence-electron chi connectivity index (χ4n) is 2.35. The molecule has 0 heterocycles. The molecule has 0 aliphatic carbocycles. The Balaban J connectivity index is 2.90. The zero-order valence-electron chi connectivity index (χ0n) is 14.1. The van der Waals surface area contributed by atoms with Crippen molar-refractivity contribution in [2.24, 2.45) is 5.92 Å². The van der Waals surface area contributed by atoms with E-state index in [4.69, 9.17) is 4.74 Å². The SMILES string of the molecule is COC(=O)[C@@H](C)C[C@@H](NC(=O)c1cc(C)cc(C)c1)C(=O)OC. The molecule has 1 N–H and O–H groups in total. The Morgan fingerprint density at radius 3 is 2.00 bits per heavy atom. The first-order valence-corrected chi connectivity index (χ1v) is 7.33. The molecule has 0 spiro atoms. The first-order chi connectivity index (χ1) is 10.8. The summed E-state index contributed by atoms with van der Waals surface area (Å²) in [5, 5.41) is 2.63. The molecule has 0 bridgehead atoms. The second-order valence-corrected chi connectivity index (χ2v) is 5.59. The number of methoxy groups -OCH3 is 2. The van der Waals surface area contributed by atoms with Crippen LogP contribution in [0.25, 0.3) is 0 Å². The molecule has 0 radical (unpaired) electrons. The molecule has 0 aliphatic heterocycles. The van der Waals surface area contributed by atoms with Gasteiger partial charge < -0.3 is 14.8 Å². The van der Waals surface area contributed by atoms with Crippen molar-refractivity contribution in [3.05, 3.63) is 34.9 Å². The maximum atomic E-state index is 12.4. The summed E-state index contributed by atoms with van der Waals surface area (Å²) < 4.78 is 9.35. The van der Waals surface area contributed by atoms with E-state index < -0.39 is 23.9 Å². The third kappa shape index (κ3) is 5.39. The van der Waals surface area contributed by atoms with Gasteiger partial charge in [0.2, 0.25) is 0 Å². The number of ether oxygens (including phenoxy) is 2. The van der Waals surface area contributed by atoms with Crippen LogP contribution in [0.3, 0.4) is 0 Å². The van der Waals surface area contributed by atoms with Gasteiger partial charge in [-0.3, -0.25) is 9.59 Å².